The second kappa shape index (κ2) is 9.03. The van der Waals surface area contributed by atoms with Crippen LogP contribution in [0.5, 0.6) is 5.88 Å². The van der Waals surface area contributed by atoms with Gasteiger partial charge in [-0.1, -0.05) is 6.92 Å². The monoisotopic (exact) mass is 485 g/mol. The number of nitrogens with one attached hydrogen (secondary N) is 2. The first-order valence-corrected chi connectivity index (χ1v) is 11.8. The van der Waals surface area contributed by atoms with Crippen molar-refractivity contribution in [1.82, 2.24) is 29.5 Å². The molecular formula is C24H29F2N7O2. The van der Waals surface area contributed by atoms with E-state index in [0.717, 1.165) is 37.7 Å². The Balaban J connectivity index is 1.48. The van der Waals surface area contributed by atoms with E-state index >= 15 is 0 Å². The summed E-state index contributed by atoms with van der Waals surface area (Å²) in [4.78, 5) is 21.1. The van der Waals surface area contributed by atoms with Gasteiger partial charge in [-0.05, 0) is 45.1 Å². The number of hydrogen-bond acceptors (Lipinski definition) is 7. The summed E-state index contributed by atoms with van der Waals surface area (Å²) in [7, 11) is 1.55. The first-order valence-electron chi connectivity index (χ1n) is 11.8. The average molecular weight is 486 g/mol. The van der Waals surface area contributed by atoms with Gasteiger partial charge in [0.25, 0.3) is 6.43 Å². The molecule has 4 aromatic rings. The molecule has 4 heterocycles. The summed E-state index contributed by atoms with van der Waals surface area (Å²) in [6.45, 7) is 3.26. The van der Waals surface area contributed by atoms with Crippen LogP contribution < -0.4 is 10.1 Å². The molecule has 186 valence electrons. The summed E-state index contributed by atoms with van der Waals surface area (Å²) in [6.07, 6.45) is 4.85. The van der Waals surface area contributed by atoms with Gasteiger partial charge in [0.15, 0.2) is 5.65 Å². The quantitative estimate of drug-likeness (QED) is 0.354. The zero-order valence-corrected chi connectivity index (χ0v) is 20.0. The highest BCUT2D eigenvalue weighted by Crippen LogP contribution is 2.36. The van der Waals surface area contributed by atoms with Crippen molar-refractivity contribution in [2.24, 2.45) is 0 Å². The molecule has 0 spiro atoms. The van der Waals surface area contributed by atoms with Gasteiger partial charge in [0.05, 0.1) is 30.2 Å². The van der Waals surface area contributed by atoms with Crippen molar-refractivity contribution >= 4 is 28.1 Å². The van der Waals surface area contributed by atoms with Gasteiger partial charge in [0, 0.05) is 29.6 Å². The molecule has 1 saturated carbocycles. The number of rotatable bonds is 7. The highest BCUT2D eigenvalue weighted by molar-refractivity contribution is 5.98. The van der Waals surface area contributed by atoms with Crippen LogP contribution in [0.4, 0.5) is 14.7 Å². The van der Waals surface area contributed by atoms with E-state index in [0.29, 0.717) is 45.4 Å². The summed E-state index contributed by atoms with van der Waals surface area (Å²) in [5.74, 6) is 1.33. The van der Waals surface area contributed by atoms with Gasteiger partial charge < -0.3 is 24.7 Å². The summed E-state index contributed by atoms with van der Waals surface area (Å²) < 4.78 is 33.3. The topological polar surface area (TPSA) is 114 Å². The fourth-order valence-electron chi connectivity index (χ4n) is 4.91. The molecule has 1 fully saturated rings. The molecule has 1 aliphatic carbocycles. The summed E-state index contributed by atoms with van der Waals surface area (Å²) in [5.41, 5.74) is 2.44. The summed E-state index contributed by atoms with van der Waals surface area (Å²) >= 11 is 0. The van der Waals surface area contributed by atoms with E-state index in [2.05, 4.69) is 30.2 Å². The molecule has 11 heteroatoms. The van der Waals surface area contributed by atoms with E-state index in [1.807, 2.05) is 6.92 Å². The maximum atomic E-state index is 13.1. The summed E-state index contributed by atoms with van der Waals surface area (Å²) in [6, 6.07) is 1.97. The molecular weight excluding hydrogens is 456 g/mol. The Morgan fingerprint density at radius 2 is 2.06 bits per heavy atom. The van der Waals surface area contributed by atoms with Crippen LogP contribution in [-0.2, 0) is 6.54 Å². The van der Waals surface area contributed by atoms with E-state index < -0.39 is 18.6 Å². The highest BCUT2D eigenvalue weighted by atomic mass is 19.3. The van der Waals surface area contributed by atoms with Gasteiger partial charge in [-0.2, -0.15) is 9.97 Å². The minimum Gasteiger partial charge on any atom is -0.480 e. The van der Waals surface area contributed by atoms with Gasteiger partial charge in [-0.25, -0.2) is 18.7 Å². The number of imidazole rings is 1. The Labute approximate surface area is 201 Å². The number of alkyl halides is 2. The van der Waals surface area contributed by atoms with E-state index in [4.69, 9.17) is 4.74 Å². The fourth-order valence-corrected chi connectivity index (χ4v) is 4.91. The number of fused-ring (bicyclic) bond motifs is 2. The molecule has 0 radical (unpaired) electrons. The standard InChI is InChI=1S/C24H29F2N7O2/c1-4-24(34)7-5-15(6-8-24)30-23-31-21-19(22(32-23)35-3)16(11-28-21)14-9-17-20(27-10-14)29-13(2)33(17)12-18(25)26/h9-11,15,18,34H,4-8,12H2,1-3H3,(H2,28,30,31,32). The fraction of sp³-hybridized carbons (Fsp3) is 0.500. The number of H-pyrrole nitrogens is 1. The smallest absolute Gasteiger partial charge is 0.256 e. The number of halogens is 2. The molecule has 4 aromatic heterocycles. The van der Waals surface area contributed by atoms with E-state index in [1.165, 1.54) is 4.57 Å². The van der Waals surface area contributed by atoms with Crippen LogP contribution in [0.15, 0.2) is 18.5 Å². The van der Waals surface area contributed by atoms with E-state index in [1.54, 1.807) is 32.5 Å². The third kappa shape index (κ3) is 4.40. The Hall–Kier alpha value is -3.34. The Morgan fingerprint density at radius 1 is 1.29 bits per heavy atom. The van der Waals surface area contributed by atoms with Crippen LogP contribution in [0, 0.1) is 6.92 Å². The lowest BCUT2D eigenvalue weighted by Crippen LogP contribution is -2.38. The number of hydrogen-bond donors (Lipinski definition) is 3. The molecule has 9 nitrogen and oxygen atoms in total. The largest absolute Gasteiger partial charge is 0.480 e. The van der Waals surface area contributed by atoms with Crippen molar-refractivity contribution in [3.63, 3.8) is 0 Å². The lowest BCUT2D eigenvalue weighted by atomic mass is 9.80. The molecule has 3 N–H and O–H groups in total. The van der Waals surface area contributed by atoms with Gasteiger partial charge >= 0.3 is 0 Å². The minimum absolute atomic E-state index is 0.170. The number of methoxy groups -OCH3 is 1. The van der Waals surface area contributed by atoms with E-state index in [9.17, 15) is 13.9 Å². The van der Waals surface area contributed by atoms with Crippen LogP contribution in [0.3, 0.4) is 0 Å². The molecule has 0 unspecified atom stereocenters. The molecule has 0 aliphatic heterocycles. The van der Waals surface area contributed by atoms with Crippen LogP contribution in [-0.4, -0.2) is 59.8 Å². The second-order valence-corrected chi connectivity index (χ2v) is 9.21. The molecule has 0 aromatic carbocycles. The van der Waals surface area contributed by atoms with Crippen LogP contribution in [0.25, 0.3) is 33.3 Å². The maximum Gasteiger partial charge on any atom is 0.256 e. The maximum absolute atomic E-state index is 13.1. The summed E-state index contributed by atoms with van der Waals surface area (Å²) in [5, 5.41) is 14.6. The molecule has 35 heavy (non-hydrogen) atoms. The first kappa shape index (κ1) is 23.4. The molecule has 5 rings (SSSR count). The van der Waals surface area contributed by atoms with Gasteiger partial charge in [0.1, 0.15) is 11.5 Å². The van der Waals surface area contributed by atoms with Crippen molar-refractivity contribution in [3.8, 4) is 17.0 Å². The minimum atomic E-state index is -2.50. The van der Waals surface area contributed by atoms with Gasteiger partial charge in [-0.3, -0.25) is 0 Å². The second-order valence-electron chi connectivity index (χ2n) is 9.21. The van der Waals surface area contributed by atoms with Crippen molar-refractivity contribution in [2.45, 2.75) is 70.6 Å². The molecule has 0 atom stereocenters. The van der Waals surface area contributed by atoms with E-state index in [-0.39, 0.29) is 6.04 Å². The lowest BCUT2D eigenvalue weighted by Gasteiger charge is -2.35. The van der Waals surface area contributed by atoms with Gasteiger partial charge in [0.2, 0.25) is 11.8 Å². The number of ether oxygens (including phenoxy) is 1. The third-order valence-corrected chi connectivity index (χ3v) is 7.03. The lowest BCUT2D eigenvalue weighted by molar-refractivity contribution is -0.00198. The number of aliphatic hydroxyl groups is 1. The molecule has 0 bridgehead atoms. The molecule has 0 amide bonds. The van der Waals surface area contributed by atoms with Gasteiger partial charge in [-0.15, -0.1) is 0 Å². The number of aromatic nitrogens is 6. The predicted molar refractivity (Wildman–Crippen MR) is 129 cm³/mol. The molecule has 1 aliphatic rings. The van der Waals surface area contributed by atoms with Crippen LogP contribution in [0.1, 0.15) is 44.9 Å². The molecule has 0 saturated heterocycles. The van der Waals surface area contributed by atoms with Crippen molar-refractivity contribution < 1.29 is 18.6 Å². The van der Waals surface area contributed by atoms with Crippen molar-refractivity contribution in [2.75, 3.05) is 12.4 Å². The predicted octanol–water partition coefficient (Wildman–Crippen LogP) is 4.45. The SMILES string of the molecule is CCC1(O)CCC(Nc2nc(OC)c3c(-c4cnc5nc(C)n(CC(F)F)c5c4)c[nH]c3n2)CC1. The normalized spacial score (nSPS) is 20.7. The number of aromatic amines is 1. The van der Waals surface area contributed by atoms with Crippen molar-refractivity contribution in [3.05, 3.63) is 24.3 Å². The highest BCUT2D eigenvalue weighted by Gasteiger charge is 2.32. The number of anilines is 1. The average Bonchev–Trinajstić information content (AvgIpc) is 3.40. The number of nitrogens with zero attached hydrogens (tertiary/aromatic N) is 5. The van der Waals surface area contributed by atoms with Crippen LogP contribution in [0.2, 0.25) is 0 Å². The Kier molecular flexibility index (Phi) is 6.04. The zero-order chi connectivity index (χ0) is 24.7. The number of pyridine rings is 1. The van der Waals surface area contributed by atoms with Crippen LogP contribution >= 0.6 is 0 Å². The first-order chi connectivity index (χ1) is 16.8. The number of aryl methyl sites for hydroxylation is 1. The van der Waals surface area contributed by atoms with Crippen molar-refractivity contribution in [1.29, 1.82) is 0 Å². The zero-order valence-electron chi connectivity index (χ0n) is 20.0. The third-order valence-electron chi connectivity index (χ3n) is 7.03. The Bertz CT molecular complexity index is 1360. The Morgan fingerprint density at radius 3 is 2.74 bits per heavy atom.